The van der Waals surface area contributed by atoms with E-state index < -0.39 is 0 Å². The Morgan fingerprint density at radius 2 is 2.00 bits per heavy atom. The highest BCUT2D eigenvalue weighted by molar-refractivity contribution is 5.77. The van der Waals surface area contributed by atoms with Gasteiger partial charge in [0.15, 0.2) is 0 Å². The van der Waals surface area contributed by atoms with Crippen LogP contribution in [0.3, 0.4) is 0 Å². The van der Waals surface area contributed by atoms with Crippen molar-refractivity contribution in [3.63, 3.8) is 0 Å². The lowest BCUT2D eigenvalue weighted by atomic mass is 10.2. The molecule has 2 N–H and O–H groups in total. The van der Waals surface area contributed by atoms with Crippen LogP contribution in [-0.2, 0) is 11.2 Å². The van der Waals surface area contributed by atoms with E-state index in [0.717, 1.165) is 22.4 Å². The molecule has 3 heterocycles. The van der Waals surface area contributed by atoms with Crippen molar-refractivity contribution in [2.45, 2.75) is 25.8 Å². The molecule has 3 aromatic heterocycles. The molecule has 0 saturated carbocycles. The van der Waals surface area contributed by atoms with E-state index in [1.807, 2.05) is 31.2 Å². The molecular weight excluding hydrogens is 344 g/mol. The molecule has 0 bridgehead atoms. The molecule has 1 aromatic carbocycles. The highest BCUT2D eigenvalue weighted by atomic mass is 16.5. The van der Waals surface area contributed by atoms with Gasteiger partial charge in [-0.25, -0.2) is 4.98 Å². The van der Waals surface area contributed by atoms with E-state index >= 15 is 0 Å². The Morgan fingerprint density at radius 3 is 2.81 bits per heavy atom. The molecule has 8 nitrogen and oxygen atoms in total. The molecule has 0 aliphatic carbocycles. The average Bonchev–Trinajstić information content (AvgIpc) is 3.34. The lowest BCUT2D eigenvalue weighted by molar-refractivity contribution is -0.121. The van der Waals surface area contributed by atoms with Crippen LogP contribution in [-0.4, -0.2) is 31.0 Å². The topological polar surface area (TPSA) is 110 Å². The van der Waals surface area contributed by atoms with Gasteiger partial charge in [-0.1, -0.05) is 17.3 Å². The number of hydrogen-bond acceptors (Lipinski definition) is 6. The van der Waals surface area contributed by atoms with E-state index in [1.165, 1.54) is 0 Å². The van der Waals surface area contributed by atoms with Gasteiger partial charge in [0.05, 0.1) is 17.1 Å². The Kier molecular flexibility index (Phi) is 4.61. The second-order valence-electron chi connectivity index (χ2n) is 6.18. The molecule has 0 saturated heterocycles. The van der Waals surface area contributed by atoms with Gasteiger partial charge in [0.25, 0.3) is 0 Å². The third-order valence-electron chi connectivity index (χ3n) is 4.17. The standard InChI is InChI=1S/C19H18N6O2/c1-12(18-22-14-4-2-3-5-15(14)23-18)21-16(26)6-7-17-24-19(25-27-17)13-8-10-20-11-9-13/h2-5,8-12H,6-7H2,1H3,(H,21,26)(H,22,23). The number of hydrogen-bond donors (Lipinski definition) is 2. The van der Waals surface area contributed by atoms with E-state index in [4.69, 9.17) is 4.52 Å². The van der Waals surface area contributed by atoms with E-state index in [9.17, 15) is 4.79 Å². The normalized spacial score (nSPS) is 12.2. The minimum atomic E-state index is -0.222. The summed E-state index contributed by atoms with van der Waals surface area (Å²) in [6.45, 7) is 1.89. The summed E-state index contributed by atoms with van der Waals surface area (Å²) in [6, 6.07) is 11.1. The molecule has 4 aromatic rings. The van der Waals surface area contributed by atoms with Gasteiger partial charge in [-0.05, 0) is 31.2 Å². The summed E-state index contributed by atoms with van der Waals surface area (Å²) in [5, 5.41) is 6.87. The Morgan fingerprint density at radius 1 is 1.19 bits per heavy atom. The highest BCUT2D eigenvalue weighted by Crippen LogP contribution is 2.17. The molecule has 1 atom stereocenters. The van der Waals surface area contributed by atoms with Crippen LogP contribution >= 0.6 is 0 Å². The van der Waals surface area contributed by atoms with Crippen LogP contribution in [0.5, 0.6) is 0 Å². The first-order valence-electron chi connectivity index (χ1n) is 8.66. The number of aryl methyl sites for hydroxylation is 1. The van der Waals surface area contributed by atoms with Gasteiger partial charge in [-0.2, -0.15) is 4.98 Å². The number of benzene rings is 1. The molecule has 0 spiro atoms. The maximum absolute atomic E-state index is 12.2. The van der Waals surface area contributed by atoms with Crippen LogP contribution in [0.15, 0.2) is 53.3 Å². The molecular formula is C19H18N6O2. The molecule has 8 heteroatoms. The number of aromatic amines is 1. The zero-order valence-corrected chi connectivity index (χ0v) is 14.7. The van der Waals surface area contributed by atoms with Gasteiger partial charge < -0.3 is 14.8 Å². The van der Waals surface area contributed by atoms with Crippen molar-refractivity contribution in [3.8, 4) is 11.4 Å². The molecule has 4 rings (SSSR count). The molecule has 0 aliphatic heterocycles. The predicted octanol–water partition coefficient (Wildman–Crippen LogP) is 2.82. The monoisotopic (exact) mass is 362 g/mol. The van der Waals surface area contributed by atoms with Gasteiger partial charge in [0.1, 0.15) is 5.82 Å². The molecule has 1 amide bonds. The Bertz CT molecular complexity index is 1020. The van der Waals surface area contributed by atoms with Crippen molar-refractivity contribution in [2.24, 2.45) is 0 Å². The summed E-state index contributed by atoms with van der Waals surface area (Å²) >= 11 is 0. The van der Waals surface area contributed by atoms with Gasteiger partial charge in [0, 0.05) is 30.8 Å². The number of H-pyrrole nitrogens is 1. The zero-order valence-electron chi connectivity index (χ0n) is 14.7. The highest BCUT2D eigenvalue weighted by Gasteiger charge is 2.15. The first kappa shape index (κ1) is 16.9. The zero-order chi connectivity index (χ0) is 18.6. The molecule has 27 heavy (non-hydrogen) atoms. The van der Waals surface area contributed by atoms with Crippen molar-refractivity contribution in [1.82, 2.24) is 30.4 Å². The lowest BCUT2D eigenvalue weighted by Gasteiger charge is -2.10. The van der Waals surface area contributed by atoms with Gasteiger partial charge in [-0.3, -0.25) is 9.78 Å². The minimum Gasteiger partial charge on any atom is -0.346 e. The Labute approximate surface area is 155 Å². The fourth-order valence-electron chi connectivity index (χ4n) is 2.75. The van der Waals surface area contributed by atoms with E-state index in [-0.39, 0.29) is 18.4 Å². The number of fused-ring (bicyclic) bond motifs is 1. The number of carbonyl (C=O) groups excluding carboxylic acids is 1. The summed E-state index contributed by atoms with van der Waals surface area (Å²) in [6.07, 6.45) is 3.95. The molecule has 0 fully saturated rings. The summed E-state index contributed by atoms with van der Waals surface area (Å²) in [5.74, 6) is 1.53. The summed E-state index contributed by atoms with van der Waals surface area (Å²) < 4.78 is 5.22. The fraction of sp³-hybridized carbons (Fsp3) is 0.211. The number of nitrogens with one attached hydrogen (secondary N) is 2. The third kappa shape index (κ3) is 3.84. The predicted molar refractivity (Wildman–Crippen MR) is 98.5 cm³/mol. The number of carbonyl (C=O) groups is 1. The first-order chi connectivity index (χ1) is 13.2. The van der Waals surface area contributed by atoms with Crippen LogP contribution < -0.4 is 5.32 Å². The van der Waals surface area contributed by atoms with Gasteiger partial charge in [0.2, 0.25) is 17.6 Å². The largest absolute Gasteiger partial charge is 0.346 e. The van der Waals surface area contributed by atoms with Crippen molar-refractivity contribution in [1.29, 1.82) is 0 Å². The minimum absolute atomic E-state index is 0.105. The summed E-state index contributed by atoms with van der Waals surface area (Å²) in [7, 11) is 0. The number of para-hydroxylation sites is 2. The second-order valence-corrected chi connectivity index (χ2v) is 6.18. The number of pyridine rings is 1. The van der Waals surface area contributed by atoms with E-state index in [0.29, 0.717) is 18.1 Å². The molecule has 0 aliphatic rings. The van der Waals surface area contributed by atoms with Crippen molar-refractivity contribution >= 4 is 16.9 Å². The third-order valence-corrected chi connectivity index (χ3v) is 4.17. The Balaban J connectivity index is 1.33. The summed E-state index contributed by atoms with van der Waals surface area (Å²) in [4.78, 5) is 28.2. The number of amides is 1. The summed E-state index contributed by atoms with van der Waals surface area (Å²) in [5.41, 5.74) is 2.65. The molecule has 0 radical (unpaired) electrons. The van der Waals surface area contributed by atoms with Crippen molar-refractivity contribution < 1.29 is 9.32 Å². The van der Waals surface area contributed by atoms with Crippen LogP contribution in [0.4, 0.5) is 0 Å². The smallest absolute Gasteiger partial charge is 0.227 e. The van der Waals surface area contributed by atoms with Crippen LogP contribution in [0, 0.1) is 0 Å². The Hall–Kier alpha value is -3.55. The van der Waals surface area contributed by atoms with Crippen LogP contribution in [0.1, 0.15) is 31.1 Å². The second kappa shape index (κ2) is 7.36. The average molecular weight is 362 g/mol. The van der Waals surface area contributed by atoms with Crippen LogP contribution in [0.25, 0.3) is 22.4 Å². The van der Waals surface area contributed by atoms with E-state index in [1.54, 1.807) is 24.5 Å². The lowest BCUT2D eigenvalue weighted by Crippen LogP contribution is -2.27. The van der Waals surface area contributed by atoms with Crippen molar-refractivity contribution in [2.75, 3.05) is 0 Å². The van der Waals surface area contributed by atoms with Gasteiger partial charge in [-0.15, -0.1) is 0 Å². The first-order valence-corrected chi connectivity index (χ1v) is 8.66. The van der Waals surface area contributed by atoms with Gasteiger partial charge >= 0.3 is 0 Å². The van der Waals surface area contributed by atoms with Crippen molar-refractivity contribution in [3.05, 3.63) is 60.5 Å². The SMILES string of the molecule is CC(NC(=O)CCc1nc(-c2ccncc2)no1)c1nc2ccccc2[nH]1. The number of imidazole rings is 1. The van der Waals surface area contributed by atoms with Crippen LogP contribution in [0.2, 0.25) is 0 Å². The number of rotatable bonds is 6. The quantitative estimate of drug-likeness (QED) is 0.546. The maximum Gasteiger partial charge on any atom is 0.227 e. The molecule has 1 unspecified atom stereocenters. The molecule has 136 valence electrons. The number of aromatic nitrogens is 5. The number of nitrogens with zero attached hydrogens (tertiary/aromatic N) is 4. The van der Waals surface area contributed by atoms with E-state index in [2.05, 4.69) is 30.4 Å². The maximum atomic E-state index is 12.2. The fourth-order valence-corrected chi connectivity index (χ4v) is 2.75.